The Kier molecular flexibility index (Phi) is 4.42. The molecule has 0 fully saturated rings. The van der Waals surface area contributed by atoms with Gasteiger partial charge >= 0.3 is 0 Å². The Bertz CT molecular complexity index is 390. The lowest BCUT2D eigenvalue weighted by molar-refractivity contribution is 0.928. The van der Waals surface area contributed by atoms with E-state index in [0.29, 0.717) is 0 Å². The van der Waals surface area contributed by atoms with Crippen LogP contribution in [0.25, 0.3) is 0 Å². The van der Waals surface area contributed by atoms with Crippen molar-refractivity contribution >= 4 is 43.3 Å². The van der Waals surface area contributed by atoms with Crippen LogP contribution < -0.4 is 3.52 Å². The summed E-state index contributed by atoms with van der Waals surface area (Å²) in [7, 11) is 0. The first-order chi connectivity index (χ1) is 7.21. The first-order valence-corrected chi connectivity index (χ1v) is 5.28. The monoisotopic (exact) mass is 252 g/mol. The summed E-state index contributed by atoms with van der Waals surface area (Å²) >= 11 is 12.6. The molecule has 82 valence electrons. The Morgan fingerprint density at radius 2 is 0.938 bits per heavy atom. The topological polar surface area (TPSA) is 0 Å². The van der Waals surface area contributed by atoms with Crippen LogP contribution in [-0.2, 0) is 0 Å². The van der Waals surface area contributed by atoms with Gasteiger partial charge in [-0.1, -0.05) is 39.9 Å². The predicted molar refractivity (Wildman–Crippen MR) is 76.0 cm³/mol. The van der Waals surface area contributed by atoms with Crippen molar-refractivity contribution < 1.29 is 0 Å². The van der Waals surface area contributed by atoms with Gasteiger partial charge in [-0.15, -0.1) is 0 Å². The summed E-state index contributed by atoms with van der Waals surface area (Å²) in [5.74, 6) is 0. The fourth-order valence-electron chi connectivity index (χ4n) is 1.38. The van der Waals surface area contributed by atoms with E-state index >= 15 is 0 Å². The quantitative estimate of drug-likeness (QED) is 0.568. The highest BCUT2D eigenvalue weighted by molar-refractivity contribution is 6.46. The third kappa shape index (κ3) is 2.59. The molecule has 0 aliphatic carbocycles. The normalized spacial score (nSPS) is 10.6. The Hall–Kier alpha value is -0.955. The van der Waals surface area contributed by atoms with Gasteiger partial charge in [-0.2, -0.15) is 0 Å². The fourth-order valence-corrected chi connectivity index (χ4v) is 1.83. The molecule has 0 heterocycles. The van der Waals surface area contributed by atoms with Gasteiger partial charge in [0.15, 0.2) is 34.9 Å². The average Bonchev–Trinajstić information content (AvgIpc) is 2.31. The summed E-state index contributed by atoms with van der Waals surface area (Å²) in [6, 6.07) is 19.1. The molecule has 0 aliphatic rings. The van der Waals surface area contributed by atoms with E-state index in [4.69, 9.17) is 23.6 Å². The molecular formula is C12H13BCl2N+. The van der Waals surface area contributed by atoms with E-state index in [1.807, 2.05) is 60.7 Å². The maximum atomic E-state index is 6.29. The second-order valence-electron chi connectivity index (χ2n) is 3.18. The van der Waals surface area contributed by atoms with Crippen molar-refractivity contribution in [2.75, 3.05) is 0 Å². The van der Waals surface area contributed by atoms with Crippen LogP contribution >= 0.6 is 23.6 Å². The summed E-state index contributed by atoms with van der Waals surface area (Å²) in [5.41, 5.74) is 1.65. The highest BCUT2D eigenvalue weighted by Crippen LogP contribution is 2.39. The van der Waals surface area contributed by atoms with Crippen molar-refractivity contribution in [1.29, 1.82) is 0 Å². The Balaban J connectivity index is 0.00000128. The van der Waals surface area contributed by atoms with Crippen LogP contribution in [0.4, 0.5) is 11.4 Å². The molecule has 0 unspecified atom stereocenters. The van der Waals surface area contributed by atoms with Crippen LogP contribution in [0.5, 0.6) is 0 Å². The van der Waals surface area contributed by atoms with Gasteiger partial charge in [0.05, 0.1) is 8.41 Å². The van der Waals surface area contributed by atoms with Crippen molar-refractivity contribution in [2.45, 2.75) is 0 Å². The first kappa shape index (κ1) is 13.1. The van der Waals surface area contributed by atoms with E-state index in [2.05, 4.69) is 0 Å². The number of halogens is 2. The first-order valence-electron chi connectivity index (χ1n) is 4.61. The number of quaternary nitrogens is 1. The summed E-state index contributed by atoms with van der Waals surface area (Å²) in [5, 5.41) is 0. The molecule has 0 bridgehead atoms. The molecule has 2 rings (SSSR count). The standard InChI is InChI=1S/C12H10Cl2N.BH3/c13-15(14,11-7-3-1-4-8-11)12-9-5-2-6-10-12;/h1-10H;1H3/q+1;. The van der Waals surface area contributed by atoms with E-state index in [0.717, 1.165) is 11.4 Å². The summed E-state index contributed by atoms with van der Waals surface area (Å²) in [6.07, 6.45) is 0. The van der Waals surface area contributed by atoms with Crippen molar-refractivity contribution in [2.24, 2.45) is 0 Å². The van der Waals surface area contributed by atoms with Gasteiger partial charge in [0, 0.05) is 24.3 Å². The van der Waals surface area contributed by atoms with Crippen LogP contribution in [0.2, 0.25) is 0 Å². The minimum Gasteiger partial charge on any atom is -0.0618 e. The number of hydrogen-bond donors (Lipinski definition) is 0. The smallest absolute Gasteiger partial charge is 0.0618 e. The third-order valence-electron chi connectivity index (χ3n) is 2.16. The second kappa shape index (κ2) is 5.40. The summed E-state index contributed by atoms with van der Waals surface area (Å²) in [4.78, 5) is 0. The van der Waals surface area contributed by atoms with Crippen LogP contribution in [0.15, 0.2) is 60.7 Å². The maximum absolute atomic E-state index is 6.29. The van der Waals surface area contributed by atoms with Crippen molar-refractivity contribution in [3.05, 3.63) is 60.7 Å². The highest BCUT2D eigenvalue weighted by Gasteiger charge is 2.30. The number of para-hydroxylation sites is 2. The molecule has 0 atom stereocenters. The molecule has 4 heteroatoms. The molecule has 0 aromatic heterocycles. The molecule has 0 saturated carbocycles. The molecule has 0 radical (unpaired) electrons. The largest absolute Gasteiger partial charge is 0.199 e. The molecule has 2 aromatic rings. The molecule has 1 nitrogen and oxygen atoms in total. The molecule has 0 saturated heterocycles. The average molecular weight is 253 g/mol. The maximum Gasteiger partial charge on any atom is 0.199 e. The zero-order valence-electron chi connectivity index (χ0n) is 7.98. The lowest BCUT2D eigenvalue weighted by Gasteiger charge is -2.17. The zero-order chi connectivity index (χ0) is 10.7. The van der Waals surface area contributed by atoms with Gasteiger partial charge in [0.2, 0.25) is 0 Å². The second-order valence-corrected chi connectivity index (χ2v) is 4.37. The van der Waals surface area contributed by atoms with Crippen LogP contribution in [0, 0.1) is 0 Å². The van der Waals surface area contributed by atoms with Gasteiger partial charge in [-0.05, 0) is 0 Å². The predicted octanol–water partition coefficient (Wildman–Crippen LogP) is 3.45. The van der Waals surface area contributed by atoms with E-state index in [1.165, 1.54) is 0 Å². The van der Waals surface area contributed by atoms with Gasteiger partial charge in [0.1, 0.15) is 0 Å². The van der Waals surface area contributed by atoms with Crippen molar-refractivity contribution in [3.63, 3.8) is 0 Å². The number of nitrogens with zero attached hydrogens (tertiary/aromatic N) is 1. The van der Waals surface area contributed by atoms with Crippen molar-refractivity contribution in [1.82, 2.24) is 3.52 Å². The van der Waals surface area contributed by atoms with E-state index in [9.17, 15) is 0 Å². The van der Waals surface area contributed by atoms with E-state index in [1.54, 1.807) is 0 Å². The highest BCUT2D eigenvalue weighted by atomic mass is 35.5. The summed E-state index contributed by atoms with van der Waals surface area (Å²) < 4.78 is -0.276. The third-order valence-corrected chi connectivity index (χ3v) is 2.94. The molecule has 0 spiro atoms. The molecule has 0 N–H and O–H groups in total. The van der Waals surface area contributed by atoms with Gasteiger partial charge in [-0.25, -0.2) is 0 Å². The van der Waals surface area contributed by atoms with Gasteiger partial charge in [-0.3, -0.25) is 0 Å². The van der Waals surface area contributed by atoms with Gasteiger partial charge < -0.3 is 0 Å². The molecule has 16 heavy (non-hydrogen) atoms. The van der Waals surface area contributed by atoms with Crippen LogP contribution in [-0.4, -0.2) is 8.41 Å². The molecule has 2 aromatic carbocycles. The van der Waals surface area contributed by atoms with Crippen LogP contribution in [0.1, 0.15) is 0 Å². The number of rotatable bonds is 2. The zero-order valence-corrected chi connectivity index (χ0v) is 9.49. The van der Waals surface area contributed by atoms with Gasteiger partial charge in [0.25, 0.3) is 0 Å². The SMILES string of the molecule is B.Cl[N+](Cl)(c1ccccc1)c1ccccc1. The fraction of sp³-hybridized carbons (Fsp3) is 0. The van der Waals surface area contributed by atoms with E-state index < -0.39 is 0 Å². The number of hydrogen-bond acceptors (Lipinski definition) is 0. The molecule has 0 aliphatic heterocycles. The lowest BCUT2D eigenvalue weighted by atomic mass is 10.3. The van der Waals surface area contributed by atoms with Crippen LogP contribution in [0.3, 0.4) is 0 Å². The minimum atomic E-state index is -0.276. The van der Waals surface area contributed by atoms with Crippen molar-refractivity contribution in [3.8, 4) is 0 Å². The Morgan fingerprint density at radius 3 is 1.25 bits per heavy atom. The molecule has 0 amide bonds. The Morgan fingerprint density at radius 1 is 0.625 bits per heavy atom. The van der Waals surface area contributed by atoms with E-state index in [-0.39, 0.29) is 11.9 Å². The minimum absolute atomic E-state index is 0. The lowest BCUT2D eigenvalue weighted by Crippen LogP contribution is -2.19. The summed E-state index contributed by atoms with van der Waals surface area (Å²) in [6.45, 7) is 0. The molecular weight excluding hydrogens is 240 g/mol. The number of benzene rings is 2. The Labute approximate surface area is 108 Å².